The first-order valence-electron chi connectivity index (χ1n) is 9.55. The van der Waals surface area contributed by atoms with Gasteiger partial charge in [-0.1, -0.05) is 32.0 Å². The van der Waals surface area contributed by atoms with Crippen LogP contribution in [0.2, 0.25) is 0 Å². The standard InChI is InChI=1S/C22H20N4O4/c1-12(2)11-26-22(30)15-7-5-4-6-14(15)18(24-26)19(27)23-13-8-9-16-17(10-13)21(29)25(3)20(16)28/h4-10,12H,11H2,1-3H3,(H,23,27). The molecule has 1 aromatic heterocycles. The van der Waals surface area contributed by atoms with Crippen molar-refractivity contribution in [3.05, 3.63) is 69.6 Å². The molecule has 8 nitrogen and oxygen atoms in total. The maximum atomic E-state index is 13.0. The van der Waals surface area contributed by atoms with Gasteiger partial charge in [0.25, 0.3) is 23.3 Å². The Labute approximate surface area is 172 Å². The third kappa shape index (κ3) is 3.16. The predicted octanol–water partition coefficient (Wildman–Crippen LogP) is 2.53. The van der Waals surface area contributed by atoms with Gasteiger partial charge in [-0.15, -0.1) is 0 Å². The first-order valence-corrected chi connectivity index (χ1v) is 9.55. The van der Waals surface area contributed by atoms with Crippen LogP contribution >= 0.6 is 0 Å². The van der Waals surface area contributed by atoms with Crippen LogP contribution in [-0.4, -0.2) is 39.4 Å². The number of anilines is 1. The second kappa shape index (κ2) is 7.22. The van der Waals surface area contributed by atoms with E-state index in [2.05, 4.69) is 10.4 Å². The Hall–Kier alpha value is -3.81. The number of amides is 3. The van der Waals surface area contributed by atoms with Gasteiger partial charge >= 0.3 is 0 Å². The highest BCUT2D eigenvalue weighted by Crippen LogP contribution is 2.25. The molecule has 0 unspecified atom stereocenters. The molecule has 0 atom stereocenters. The Morgan fingerprint density at radius 2 is 1.67 bits per heavy atom. The minimum absolute atomic E-state index is 0.117. The third-order valence-corrected chi connectivity index (χ3v) is 4.97. The van der Waals surface area contributed by atoms with E-state index in [-0.39, 0.29) is 28.6 Å². The van der Waals surface area contributed by atoms with Crippen LogP contribution in [0.15, 0.2) is 47.3 Å². The number of hydrogen-bond donors (Lipinski definition) is 1. The molecule has 1 N–H and O–H groups in total. The van der Waals surface area contributed by atoms with Gasteiger partial charge in [-0.25, -0.2) is 4.68 Å². The van der Waals surface area contributed by atoms with E-state index >= 15 is 0 Å². The van der Waals surface area contributed by atoms with Crippen LogP contribution in [-0.2, 0) is 6.54 Å². The number of benzene rings is 2. The molecule has 0 spiro atoms. The average molecular weight is 404 g/mol. The summed E-state index contributed by atoms with van der Waals surface area (Å²) in [6.45, 7) is 4.30. The van der Waals surface area contributed by atoms with Crippen molar-refractivity contribution < 1.29 is 14.4 Å². The van der Waals surface area contributed by atoms with Crippen LogP contribution in [0.3, 0.4) is 0 Å². The molecule has 30 heavy (non-hydrogen) atoms. The Morgan fingerprint density at radius 3 is 2.37 bits per heavy atom. The molecule has 0 saturated carbocycles. The minimum Gasteiger partial charge on any atom is -0.321 e. The normalized spacial score (nSPS) is 13.3. The number of imide groups is 1. The molecule has 2 aromatic carbocycles. The maximum absolute atomic E-state index is 13.0. The Morgan fingerprint density at radius 1 is 1.00 bits per heavy atom. The van der Waals surface area contributed by atoms with E-state index in [0.717, 1.165) is 4.90 Å². The molecular weight excluding hydrogens is 384 g/mol. The molecule has 0 bridgehead atoms. The fraction of sp³-hybridized carbons (Fsp3) is 0.227. The second-order valence-electron chi connectivity index (χ2n) is 7.66. The van der Waals surface area contributed by atoms with Gasteiger partial charge in [-0.2, -0.15) is 5.10 Å². The molecule has 2 heterocycles. The summed E-state index contributed by atoms with van der Waals surface area (Å²) in [4.78, 5) is 51.0. The fourth-order valence-electron chi connectivity index (χ4n) is 3.50. The van der Waals surface area contributed by atoms with Crippen molar-refractivity contribution in [2.24, 2.45) is 5.92 Å². The van der Waals surface area contributed by atoms with Crippen LogP contribution in [0, 0.1) is 5.92 Å². The monoisotopic (exact) mass is 404 g/mol. The summed E-state index contributed by atoms with van der Waals surface area (Å²) in [5.74, 6) is -1.13. The zero-order chi connectivity index (χ0) is 21.6. The van der Waals surface area contributed by atoms with E-state index < -0.39 is 11.8 Å². The molecule has 3 aromatic rings. The summed E-state index contributed by atoms with van der Waals surface area (Å²) in [5, 5.41) is 7.91. The lowest BCUT2D eigenvalue weighted by atomic mass is 10.1. The number of nitrogens with one attached hydrogen (secondary N) is 1. The Kier molecular flexibility index (Phi) is 4.69. The molecule has 0 aliphatic carbocycles. The van der Waals surface area contributed by atoms with Crippen molar-refractivity contribution >= 4 is 34.2 Å². The highest BCUT2D eigenvalue weighted by Gasteiger charge is 2.33. The number of hydrogen-bond acceptors (Lipinski definition) is 5. The first-order chi connectivity index (χ1) is 14.3. The van der Waals surface area contributed by atoms with Gasteiger partial charge in [-0.05, 0) is 30.2 Å². The van der Waals surface area contributed by atoms with Gasteiger partial charge in [0.2, 0.25) is 0 Å². The van der Waals surface area contributed by atoms with Crippen molar-refractivity contribution in [3.8, 4) is 0 Å². The molecule has 4 rings (SSSR count). The molecule has 0 fully saturated rings. The number of aromatic nitrogens is 2. The maximum Gasteiger partial charge on any atom is 0.276 e. The van der Waals surface area contributed by atoms with Crippen LogP contribution in [0.4, 0.5) is 5.69 Å². The van der Waals surface area contributed by atoms with E-state index in [1.54, 1.807) is 30.3 Å². The van der Waals surface area contributed by atoms with E-state index in [1.807, 2.05) is 13.8 Å². The third-order valence-electron chi connectivity index (χ3n) is 4.97. The second-order valence-corrected chi connectivity index (χ2v) is 7.66. The van der Waals surface area contributed by atoms with Gasteiger partial charge in [0, 0.05) is 24.7 Å². The number of nitrogens with zero attached hydrogens (tertiary/aromatic N) is 3. The number of rotatable bonds is 4. The van der Waals surface area contributed by atoms with E-state index in [0.29, 0.717) is 28.6 Å². The summed E-state index contributed by atoms with van der Waals surface area (Å²) in [6, 6.07) is 11.4. The SMILES string of the molecule is CC(C)Cn1nc(C(=O)Nc2ccc3c(c2)C(=O)N(C)C3=O)c2ccccc2c1=O. The van der Waals surface area contributed by atoms with Crippen molar-refractivity contribution in [3.63, 3.8) is 0 Å². The molecule has 152 valence electrons. The summed E-state index contributed by atoms with van der Waals surface area (Å²) >= 11 is 0. The number of carbonyl (C=O) groups excluding carboxylic acids is 3. The lowest BCUT2D eigenvalue weighted by Gasteiger charge is -2.13. The van der Waals surface area contributed by atoms with Gasteiger partial charge in [0.15, 0.2) is 5.69 Å². The van der Waals surface area contributed by atoms with Gasteiger partial charge < -0.3 is 5.32 Å². The molecule has 8 heteroatoms. The summed E-state index contributed by atoms with van der Waals surface area (Å²) in [7, 11) is 1.41. The number of carbonyl (C=O) groups is 3. The minimum atomic E-state index is -0.506. The Balaban J connectivity index is 1.74. The summed E-state index contributed by atoms with van der Waals surface area (Å²) < 4.78 is 1.31. The first kappa shape index (κ1) is 19.5. The van der Waals surface area contributed by atoms with Gasteiger partial charge in [0.1, 0.15) is 0 Å². The van der Waals surface area contributed by atoms with E-state index in [9.17, 15) is 19.2 Å². The number of fused-ring (bicyclic) bond motifs is 2. The molecule has 1 aliphatic heterocycles. The molecule has 1 aliphatic rings. The quantitative estimate of drug-likeness (QED) is 0.674. The average Bonchev–Trinajstić information content (AvgIpc) is 2.93. The topological polar surface area (TPSA) is 101 Å². The van der Waals surface area contributed by atoms with E-state index in [1.165, 1.54) is 23.9 Å². The highest BCUT2D eigenvalue weighted by molar-refractivity contribution is 6.22. The lowest BCUT2D eigenvalue weighted by Crippen LogP contribution is -2.29. The summed E-state index contributed by atoms with van der Waals surface area (Å²) in [6.07, 6.45) is 0. The van der Waals surface area contributed by atoms with Crippen molar-refractivity contribution in [1.82, 2.24) is 14.7 Å². The molecular formula is C22H20N4O4. The Bertz CT molecular complexity index is 1280. The highest BCUT2D eigenvalue weighted by atomic mass is 16.2. The smallest absolute Gasteiger partial charge is 0.276 e. The van der Waals surface area contributed by atoms with Crippen molar-refractivity contribution in [2.75, 3.05) is 12.4 Å². The van der Waals surface area contributed by atoms with Crippen LogP contribution in [0.5, 0.6) is 0 Å². The lowest BCUT2D eigenvalue weighted by molar-refractivity contribution is 0.0692. The van der Waals surface area contributed by atoms with Gasteiger partial charge in [0.05, 0.1) is 16.5 Å². The molecule has 0 saturated heterocycles. The zero-order valence-corrected chi connectivity index (χ0v) is 16.8. The molecule has 0 radical (unpaired) electrons. The predicted molar refractivity (Wildman–Crippen MR) is 112 cm³/mol. The zero-order valence-electron chi connectivity index (χ0n) is 16.8. The van der Waals surface area contributed by atoms with Gasteiger partial charge in [-0.3, -0.25) is 24.1 Å². The largest absolute Gasteiger partial charge is 0.321 e. The van der Waals surface area contributed by atoms with Crippen LogP contribution in [0.1, 0.15) is 45.1 Å². The summed E-state index contributed by atoms with van der Waals surface area (Å²) in [5.41, 5.74) is 0.770. The van der Waals surface area contributed by atoms with E-state index in [4.69, 9.17) is 0 Å². The fourth-order valence-corrected chi connectivity index (χ4v) is 3.50. The molecule has 3 amide bonds. The van der Waals surface area contributed by atoms with Crippen LogP contribution in [0.25, 0.3) is 10.8 Å². The van der Waals surface area contributed by atoms with Crippen molar-refractivity contribution in [1.29, 1.82) is 0 Å². The van der Waals surface area contributed by atoms with Crippen LogP contribution < -0.4 is 10.9 Å². The van der Waals surface area contributed by atoms with Crippen molar-refractivity contribution in [2.45, 2.75) is 20.4 Å².